The van der Waals surface area contributed by atoms with E-state index < -0.39 is 17.3 Å². The predicted molar refractivity (Wildman–Crippen MR) is 226 cm³/mol. The number of fused-ring (bicyclic) bond motifs is 1. The Morgan fingerprint density at radius 1 is 0.857 bits per heavy atom. The maximum Gasteiger partial charge on any atom is 1.00 e. The summed E-state index contributed by atoms with van der Waals surface area (Å²) in [7, 11) is 3.05. The number of halogens is 2. The number of pyridine rings is 2. The smallest absolute Gasteiger partial charge is 1.00 e. The summed E-state index contributed by atoms with van der Waals surface area (Å²) >= 11 is 10.9. The third-order valence-corrected chi connectivity index (χ3v) is 9.23. The van der Waals surface area contributed by atoms with Crippen molar-refractivity contribution >= 4 is 59.4 Å². The zero-order valence-electron chi connectivity index (χ0n) is 38.2. The number of hydrogen-bond donors (Lipinski definition) is 4. The normalized spacial score (nSPS) is 18.6. The van der Waals surface area contributed by atoms with Crippen LogP contribution in [0.1, 0.15) is 102 Å². The van der Waals surface area contributed by atoms with Crippen LogP contribution in [0.4, 0.5) is 15.3 Å². The summed E-state index contributed by atoms with van der Waals surface area (Å²) in [5.41, 5.74) is -0.346. The van der Waals surface area contributed by atoms with Crippen molar-refractivity contribution in [2.75, 3.05) is 31.6 Å². The molecule has 346 valence electrons. The molecule has 23 heteroatoms. The molecule has 3 aliphatic rings. The van der Waals surface area contributed by atoms with Crippen molar-refractivity contribution in [3.05, 3.63) is 29.7 Å². The van der Waals surface area contributed by atoms with E-state index >= 15 is 0 Å². The first kappa shape index (κ1) is 64.2. The van der Waals surface area contributed by atoms with E-state index in [1.54, 1.807) is 24.3 Å². The number of rotatable bonds is 8. The number of carbonyl (C=O) groups excluding carboxylic acids is 5. The van der Waals surface area contributed by atoms with E-state index in [0.717, 1.165) is 51.4 Å². The van der Waals surface area contributed by atoms with E-state index in [1.165, 1.54) is 19.4 Å². The number of nitrogens with zero attached hydrogens (tertiary/aromatic N) is 3. The molecule has 2 fully saturated rings. The number of aromatic nitrogens is 2. The Labute approximate surface area is 499 Å². The number of alkyl halides is 1. The van der Waals surface area contributed by atoms with Gasteiger partial charge >= 0.3 is 150 Å². The van der Waals surface area contributed by atoms with Gasteiger partial charge in [0.2, 0.25) is 11.8 Å². The second-order valence-electron chi connectivity index (χ2n) is 15.7. The van der Waals surface area contributed by atoms with Crippen molar-refractivity contribution in [3.8, 4) is 23.1 Å². The number of alkyl carbamates (subject to hydrolysis) is 2. The van der Waals surface area contributed by atoms with Gasteiger partial charge in [-0.3, -0.25) is 14.4 Å². The van der Waals surface area contributed by atoms with Gasteiger partial charge in [0, 0.05) is 36.3 Å². The minimum absolute atomic E-state index is 0. The predicted octanol–water partition coefficient (Wildman–Crippen LogP) is -0.531. The van der Waals surface area contributed by atoms with Crippen LogP contribution in [0, 0.1) is 0 Å². The molecule has 19 nitrogen and oxygen atoms in total. The second-order valence-corrected chi connectivity index (χ2v) is 16.3. The molecule has 4 amide bonds. The molecule has 63 heavy (non-hydrogen) atoms. The first-order valence-electron chi connectivity index (χ1n) is 19.2. The van der Waals surface area contributed by atoms with Gasteiger partial charge < -0.3 is 61.2 Å². The second kappa shape index (κ2) is 32.7. The monoisotopic (exact) mass is 1170 g/mol. The molecule has 0 atom stereocenters. The summed E-state index contributed by atoms with van der Waals surface area (Å²) < 4.78 is 26.0. The van der Waals surface area contributed by atoms with Gasteiger partial charge in [-0.2, -0.15) is 0 Å². The average Bonchev–Trinajstić information content (AvgIpc) is 3.19. The van der Waals surface area contributed by atoms with E-state index in [4.69, 9.17) is 62.0 Å². The summed E-state index contributed by atoms with van der Waals surface area (Å²) in [5.74, 6) is 1.23. The Hall–Kier alpha value is -0.906. The van der Waals surface area contributed by atoms with Gasteiger partial charge in [-0.05, 0) is 92.9 Å². The molecule has 0 radical (unpaired) electrons. The number of anilines is 1. The van der Waals surface area contributed by atoms with Gasteiger partial charge in [-0.1, -0.05) is 19.0 Å². The number of methoxy groups -OCH3 is 2. The zero-order chi connectivity index (χ0) is 45.0. The molecule has 0 saturated heterocycles. The van der Waals surface area contributed by atoms with Crippen LogP contribution in [0.15, 0.2) is 24.5 Å². The Kier molecular flexibility index (Phi) is 33.3. The van der Waals surface area contributed by atoms with Crippen molar-refractivity contribution < 1.29 is 202 Å². The van der Waals surface area contributed by atoms with Crippen LogP contribution in [0.3, 0.4) is 0 Å². The first-order valence-corrected chi connectivity index (χ1v) is 20.1. The van der Waals surface area contributed by atoms with E-state index in [0.29, 0.717) is 23.1 Å². The summed E-state index contributed by atoms with van der Waals surface area (Å²) in [6.07, 6.45) is 8.74. The van der Waals surface area contributed by atoms with Crippen LogP contribution < -0.4 is 178 Å². The number of hydrogen-bond acceptors (Lipinski definition) is 15. The molecule has 2 saturated carbocycles. The molecule has 2 aromatic heterocycles. The van der Waals surface area contributed by atoms with Crippen LogP contribution in [0.25, 0.3) is 0 Å². The molecule has 2 aromatic rings. The number of nitrogens with one attached hydrogen (secondary N) is 3. The van der Waals surface area contributed by atoms with Crippen molar-refractivity contribution in [1.29, 1.82) is 0 Å². The van der Waals surface area contributed by atoms with Crippen LogP contribution in [-0.4, -0.2) is 108 Å². The minimum Gasteiger partial charge on any atom is -1.00 e. The third kappa shape index (κ3) is 25.7. The van der Waals surface area contributed by atoms with Gasteiger partial charge in [-0.15, -0.1) is 11.6 Å². The maximum atomic E-state index is 12.5. The molecule has 5 rings (SSSR count). The largest absolute Gasteiger partial charge is 1.00 e. The minimum atomic E-state index is -0.517. The molecule has 3 heterocycles. The van der Waals surface area contributed by atoms with Crippen LogP contribution in [0.2, 0.25) is 5.15 Å². The number of amides is 4. The molecular weight excluding hydrogens is 1110 g/mol. The van der Waals surface area contributed by atoms with E-state index in [2.05, 4.69) is 30.8 Å². The SMILES string of the molecule is C.CC(C)(C)OC(=O)NC1CCC(NC(=O)CCl)CC1.COc1cnc(Cl)c(O)c1.COc1cnc2c(c1)N(C1CCC(NC(=O)OC(C)(C)C)CC1)C(=O)CO2.O=CO[O-].[Cs+].[Cs+].[H-]. The molecule has 0 bridgehead atoms. The van der Waals surface area contributed by atoms with Gasteiger partial charge in [0.1, 0.15) is 34.3 Å². The molecule has 4 N–H and O–H groups in total. The number of carbonyl (C=O) groups is 5. The van der Waals surface area contributed by atoms with Crippen molar-refractivity contribution in [2.24, 2.45) is 0 Å². The maximum absolute atomic E-state index is 12.5. The molecular formula is C40H62Cl2Cs2N6O13. The summed E-state index contributed by atoms with van der Waals surface area (Å²) in [4.78, 5) is 68.2. The van der Waals surface area contributed by atoms with Crippen LogP contribution >= 0.6 is 23.2 Å². The van der Waals surface area contributed by atoms with Gasteiger partial charge in [0.15, 0.2) is 17.5 Å². The molecule has 0 unspecified atom stereocenters. The van der Waals surface area contributed by atoms with Gasteiger partial charge in [0.05, 0.1) is 26.6 Å². The van der Waals surface area contributed by atoms with Crippen molar-refractivity contribution in [1.82, 2.24) is 25.9 Å². The molecule has 0 spiro atoms. The van der Waals surface area contributed by atoms with Crippen molar-refractivity contribution in [3.63, 3.8) is 0 Å². The fourth-order valence-electron chi connectivity index (χ4n) is 6.16. The van der Waals surface area contributed by atoms with Crippen molar-refractivity contribution in [2.45, 2.75) is 136 Å². The Balaban J connectivity index is -0.000000879. The van der Waals surface area contributed by atoms with Gasteiger partial charge in [-0.25, -0.2) is 19.6 Å². The first-order chi connectivity index (χ1) is 28.2. The fraction of sp³-hybridized carbons (Fsp3) is 0.625. The van der Waals surface area contributed by atoms with E-state index in [9.17, 15) is 19.2 Å². The summed E-state index contributed by atoms with van der Waals surface area (Å²) in [5, 5.41) is 26.1. The summed E-state index contributed by atoms with van der Waals surface area (Å²) in [6, 6.07) is 3.57. The molecule has 2 aliphatic carbocycles. The Morgan fingerprint density at radius 2 is 1.29 bits per heavy atom. The molecule has 0 aromatic carbocycles. The van der Waals surface area contributed by atoms with Gasteiger partial charge in [0.25, 0.3) is 12.4 Å². The fourth-order valence-corrected chi connectivity index (χ4v) is 6.34. The standard InChI is InChI=1S/C19H27N3O5.C13H23ClN2O3.C6H6ClNO2.CH2O3.CH4.2Cs.H/c1-19(2,3)27-18(24)21-12-5-7-13(8-6-12)22-15-9-14(25-4)10-20-17(15)26-11-16(22)23;1-13(2,3)19-12(18)16-10-6-4-9(5-7-10)15-11(17)8-14;1-10-4-2-5(9)6(7)8-3-4;2-1-4-3;;;;/h9-10,12-13H,5-8,11H2,1-4H3,(H,21,24);9-10H,4-8H2,1-3H3,(H,15,17)(H,16,18);2-3,9H,1H3;1,3H;1H4;;;/q;;;;;2*+1;-1/p-1. The summed E-state index contributed by atoms with van der Waals surface area (Å²) in [6.45, 7) is 10.8. The quantitative estimate of drug-likeness (QED) is 0.0854. The van der Waals surface area contributed by atoms with E-state index in [1.807, 2.05) is 41.5 Å². The zero-order valence-corrected chi connectivity index (χ0v) is 51.3. The van der Waals surface area contributed by atoms with Crippen LogP contribution in [0.5, 0.6) is 23.1 Å². The Bertz CT molecular complexity index is 1710. The third-order valence-electron chi connectivity index (χ3n) is 8.69. The Morgan fingerprint density at radius 3 is 1.70 bits per heavy atom. The van der Waals surface area contributed by atoms with E-state index in [-0.39, 0.29) is 219 Å². The number of aromatic hydroxyl groups is 1. The topological polar surface area (TPSA) is 249 Å². The molecule has 1 aliphatic heterocycles. The number of ether oxygens (including phenoxy) is 5. The average molecular weight is 1170 g/mol. The van der Waals surface area contributed by atoms with Crippen LogP contribution in [-0.2, 0) is 28.7 Å².